The Balaban J connectivity index is 4.59. The molecule has 0 aliphatic carbocycles. The Labute approximate surface area is 377 Å². The highest BCUT2D eigenvalue weighted by Gasteiger charge is 2.24. The van der Waals surface area contributed by atoms with E-state index in [1.54, 1.807) is 0 Å². The topological polar surface area (TPSA) is 95.9 Å². The lowest BCUT2D eigenvalue weighted by molar-refractivity contribution is -0.151. The van der Waals surface area contributed by atoms with Crippen LogP contribution in [0.4, 0.5) is 0 Å². The van der Waals surface area contributed by atoms with Crippen LogP contribution in [-0.2, 0) is 14.3 Å². The maximum absolute atomic E-state index is 13.2. The van der Waals surface area contributed by atoms with Crippen molar-refractivity contribution < 1.29 is 24.5 Å². The number of esters is 1. The van der Waals surface area contributed by atoms with Crippen molar-refractivity contribution in [1.29, 1.82) is 0 Å². The van der Waals surface area contributed by atoms with Gasteiger partial charge in [0.2, 0.25) is 5.91 Å². The molecule has 0 saturated carbocycles. The van der Waals surface area contributed by atoms with E-state index in [1.165, 1.54) is 96.3 Å². The van der Waals surface area contributed by atoms with E-state index in [0.717, 1.165) is 89.9 Å². The van der Waals surface area contributed by atoms with E-state index in [2.05, 4.69) is 99.0 Å². The molecule has 0 aliphatic rings. The van der Waals surface area contributed by atoms with E-state index in [4.69, 9.17) is 4.74 Å². The van der Waals surface area contributed by atoms with Gasteiger partial charge < -0.3 is 20.3 Å². The van der Waals surface area contributed by atoms with Gasteiger partial charge in [-0.15, -0.1) is 0 Å². The molecular formula is C55H97NO5. The van der Waals surface area contributed by atoms with E-state index in [-0.39, 0.29) is 24.9 Å². The van der Waals surface area contributed by atoms with Crippen LogP contribution >= 0.6 is 0 Å². The minimum Gasteiger partial charge on any atom is -0.462 e. The summed E-state index contributed by atoms with van der Waals surface area (Å²) in [7, 11) is 0. The van der Waals surface area contributed by atoms with Gasteiger partial charge in [-0.2, -0.15) is 0 Å². The molecule has 0 aliphatic heterocycles. The Morgan fingerprint density at radius 1 is 0.492 bits per heavy atom. The predicted octanol–water partition coefficient (Wildman–Crippen LogP) is 15.4. The molecule has 3 N–H and O–H groups in total. The standard InChI is InChI=1S/C55H97NO5/c1-4-7-10-13-16-19-22-24-26-27-29-31-33-36-39-42-45-48-55(60)61-51(46-43-40-37-34-21-18-15-12-9-6-3)49-54(59)56-52(50-57)53(58)47-44-41-38-35-32-30-28-25-23-20-17-14-11-8-5-2/h7,10,16,18-19,21,24,26,29,31,36,39,51-53,57-58H,4-6,8-9,11-15,17,20,22-23,25,27-28,30,32-35,37-38,40-50H2,1-3H3,(H,56,59)/b10-7-,19-16-,21-18-,26-24-,31-29-,39-36-. The second-order valence-corrected chi connectivity index (χ2v) is 17.2. The molecule has 3 unspecified atom stereocenters. The molecule has 0 radical (unpaired) electrons. The number of aliphatic hydroxyl groups is 2. The first-order chi connectivity index (χ1) is 30.0. The van der Waals surface area contributed by atoms with Crippen LogP contribution < -0.4 is 5.32 Å². The van der Waals surface area contributed by atoms with Gasteiger partial charge in [0.1, 0.15) is 6.10 Å². The summed E-state index contributed by atoms with van der Waals surface area (Å²) in [6.07, 6.45) is 61.1. The number of allylic oxidation sites excluding steroid dienone is 12. The van der Waals surface area contributed by atoms with Crippen molar-refractivity contribution in [3.05, 3.63) is 72.9 Å². The number of nitrogens with one attached hydrogen (secondary N) is 1. The fourth-order valence-electron chi connectivity index (χ4n) is 7.40. The molecule has 0 aromatic rings. The van der Waals surface area contributed by atoms with Crippen molar-refractivity contribution in [3.8, 4) is 0 Å². The molecule has 0 aromatic carbocycles. The van der Waals surface area contributed by atoms with Gasteiger partial charge in [0.15, 0.2) is 0 Å². The SMILES string of the molecule is CC/C=C\C/C=C\C/C=C\C/C=C\C/C=C\CCCC(=O)OC(CCCCC/C=C\CCCCC)CC(=O)NC(CO)C(O)CCCCCCCCCCCCCCCCC. The normalized spacial score (nSPS) is 13.9. The summed E-state index contributed by atoms with van der Waals surface area (Å²) in [5.41, 5.74) is 0. The van der Waals surface area contributed by atoms with Crippen LogP contribution in [0.15, 0.2) is 72.9 Å². The summed E-state index contributed by atoms with van der Waals surface area (Å²) < 4.78 is 5.88. The fourth-order valence-corrected chi connectivity index (χ4v) is 7.40. The molecule has 0 saturated heterocycles. The van der Waals surface area contributed by atoms with Gasteiger partial charge >= 0.3 is 5.97 Å². The largest absolute Gasteiger partial charge is 0.462 e. The first-order valence-corrected chi connectivity index (χ1v) is 25.7. The van der Waals surface area contributed by atoms with Crippen LogP contribution in [-0.4, -0.2) is 46.9 Å². The summed E-state index contributed by atoms with van der Waals surface area (Å²) >= 11 is 0. The van der Waals surface area contributed by atoms with Crippen LogP contribution in [0.3, 0.4) is 0 Å². The highest BCUT2D eigenvalue weighted by atomic mass is 16.5. The van der Waals surface area contributed by atoms with E-state index >= 15 is 0 Å². The molecule has 0 fully saturated rings. The summed E-state index contributed by atoms with van der Waals surface area (Å²) in [5, 5.41) is 23.7. The molecule has 6 heteroatoms. The Morgan fingerprint density at radius 3 is 1.39 bits per heavy atom. The van der Waals surface area contributed by atoms with Crippen LogP contribution in [0.2, 0.25) is 0 Å². The Morgan fingerprint density at radius 2 is 0.885 bits per heavy atom. The van der Waals surface area contributed by atoms with Crippen molar-refractivity contribution >= 4 is 11.9 Å². The van der Waals surface area contributed by atoms with Crippen LogP contribution in [0.25, 0.3) is 0 Å². The Hall–Kier alpha value is -2.70. The zero-order valence-electron chi connectivity index (χ0n) is 40.0. The average molecular weight is 852 g/mol. The zero-order chi connectivity index (χ0) is 44.5. The molecule has 0 bridgehead atoms. The molecule has 61 heavy (non-hydrogen) atoms. The summed E-state index contributed by atoms with van der Waals surface area (Å²) in [6.45, 7) is 6.32. The van der Waals surface area contributed by atoms with E-state index in [0.29, 0.717) is 25.7 Å². The summed E-state index contributed by atoms with van der Waals surface area (Å²) in [5.74, 6) is -0.562. The first kappa shape index (κ1) is 58.3. The molecule has 0 spiro atoms. The molecule has 3 atom stereocenters. The number of hydrogen-bond acceptors (Lipinski definition) is 5. The summed E-state index contributed by atoms with van der Waals surface area (Å²) in [4.78, 5) is 26.1. The van der Waals surface area contributed by atoms with Crippen LogP contribution in [0.5, 0.6) is 0 Å². The number of unbranched alkanes of at least 4 members (excludes halogenated alkanes) is 21. The quantitative estimate of drug-likeness (QED) is 0.0322. The minimum absolute atomic E-state index is 0.0417. The van der Waals surface area contributed by atoms with Crippen molar-refractivity contribution in [3.63, 3.8) is 0 Å². The molecule has 0 rings (SSSR count). The average Bonchev–Trinajstić information content (AvgIpc) is 3.25. The second kappa shape index (κ2) is 48.3. The number of aliphatic hydroxyl groups excluding tert-OH is 2. The number of carbonyl (C=O) groups is 2. The maximum atomic E-state index is 13.2. The van der Waals surface area contributed by atoms with Gasteiger partial charge in [0.05, 0.1) is 25.2 Å². The summed E-state index contributed by atoms with van der Waals surface area (Å²) in [6, 6.07) is -0.719. The monoisotopic (exact) mass is 852 g/mol. The van der Waals surface area contributed by atoms with Gasteiger partial charge in [-0.1, -0.05) is 209 Å². The highest BCUT2D eigenvalue weighted by molar-refractivity contribution is 5.77. The maximum Gasteiger partial charge on any atom is 0.306 e. The first-order valence-electron chi connectivity index (χ1n) is 25.7. The van der Waals surface area contributed by atoms with Gasteiger partial charge in [-0.25, -0.2) is 0 Å². The van der Waals surface area contributed by atoms with Crippen molar-refractivity contribution in [2.75, 3.05) is 6.61 Å². The minimum atomic E-state index is -0.803. The molecule has 0 aromatic heterocycles. The lowest BCUT2D eigenvalue weighted by Crippen LogP contribution is -2.46. The third kappa shape index (κ3) is 43.7. The zero-order valence-corrected chi connectivity index (χ0v) is 40.0. The lowest BCUT2D eigenvalue weighted by atomic mass is 10.0. The molecule has 352 valence electrons. The number of ether oxygens (including phenoxy) is 1. The molecule has 1 amide bonds. The number of hydrogen-bond donors (Lipinski definition) is 3. The van der Waals surface area contributed by atoms with Crippen LogP contribution in [0, 0.1) is 0 Å². The Bertz CT molecular complexity index is 1140. The molecular weight excluding hydrogens is 755 g/mol. The number of carbonyl (C=O) groups excluding carboxylic acids is 2. The van der Waals surface area contributed by atoms with E-state index in [9.17, 15) is 19.8 Å². The van der Waals surface area contributed by atoms with Gasteiger partial charge in [-0.05, 0) is 89.9 Å². The fraction of sp³-hybridized carbons (Fsp3) is 0.745. The third-order valence-corrected chi connectivity index (χ3v) is 11.3. The number of rotatable bonds is 45. The van der Waals surface area contributed by atoms with Gasteiger partial charge in [0.25, 0.3) is 0 Å². The second-order valence-electron chi connectivity index (χ2n) is 17.2. The number of amides is 1. The van der Waals surface area contributed by atoms with Crippen molar-refractivity contribution in [2.24, 2.45) is 0 Å². The van der Waals surface area contributed by atoms with Gasteiger partial charge in [-0.3, -0.25) is 9.59 Å². The highest BCUT2D eigenvalue weighted by Crippen LogP contribution is 2.17. The predicted molar refractivity (Wildman–Crippen MR) is 264 cm³/mol. The third-order valence-electron chi connectivity index (χ3n) is 11.3. The van der Waals surface area contributed by atoms with Gasteiger partial charge in [0, 0.05) is 6.42 Å². The van der Waals surface area contributed by atoms with Crippen LogP contribution in [0.1, 0.15) is 239 Å². The molecule has 0 heterocycles. The van der Waals surface area contributed by atoms with Crippen molar-refractivity contribution in [1.82, 2.24) is 5.32 Å². The Kier molecular flexibility index (Phi) is 46.2. The molecule has 6 nitrogen and oxygen atoms in total. The lowest BCUT2D eigenvalue weighted by Gasteiger charge is -2.24. The smallest absolute Gasteiger partial charge is 0.306 e. The van der Waals surface area contributed by atoms with E-state index < -0.39 is 18.2 Å². The van der Waals surface area contributed by atoms with Crippen molar-refractivity contribution in [2.45, 2.75) is 257 Å². The van der Waals surface area contributed by atoms with E-state index in [1.807, 2.05) is 0 Å².